The molecule has 0 heterocycles. The smallest absolute Gasteiger partial charge is 0.330 e. The van der Waals surface area contributed by atoms with Crippen molar-refractivity contribution in [3.8, 4) is 0 Å². The van der Waals surface area contributed by atoms with E-state index in [-0.39, 0.29) is 0 Å². The van der Waals surface area contributed by atoms with Gasteiger partial charge in [0.1, 0.15) is 0 Å². The maximum atomic E-state index is 10.1. The summed E-state index contributed by atoms with van der Waals surface area (Å²) in [5, 5.41) is 10.1. The Balaban J connectivity index is 4.80. The van der Waals surface area contributed by atoms with Crippen molar-refractivity contribution < 1.29 is 9.76 Å². The first-order valence-corrected chi connectivity index (χ1v) is 6.70. The third-order valence-electron chi connectivity index (χ3n) is 3.24. The quantitative estimate of drug-likeness (QED) is 0.580. The minimum Gasteiger partial charge on any atom is -0.427 e. The van der Waals surface area contributed by atoms with Crippen molar-refractivity contribution >= 4 is 7.48 Å². The Labute approximate surface area is 119 Å². The number of allylic oxidation sites excluding steroid dienone is 6. The molecule has 0 unspecified atom stereocenters. The van der Waals surface area contributed by atoms with Crippen molar-refractivity contribution in [2.45, 2.75) is 66.6 Å². The second-order valence-electron chi connectivity index (χ2n) is 6.36. The highest BCUT2D eigenvalue weighted by molar-refractivity contribution is 6.39. The van der Waals surface area contributed by atoms with Crippen LogP contribution in [0.5, 0.6) is 0 Å². The fourth-order valence-electron chi connectivity index (χ4n) is 1.02. The highest BCUT2D eigenvalue weighted by Crippen LogP contribution is 2.25. The van der Waals surface area contributed by atoms with Crippen LogP contribution in [0.1, 0.15) is 55.4 Å². The lowest BCUT2D eigenvalue weighted by Gasteiger charge is -2.37. The van der Waals surface area contributed by atoms with Gasteiger partial charge in [0.25, 0.3) is 0 Å². The van der Waals surface area contributed by atoms with Crippen LogP contribution in [0.15, 0.2) is 34.8 Å². The number of aliphatic hydroxyl groups is 1. The summed E-state index contributed by atoms with van der Waals surface area (Å²) in [6.07, 6.45) is 6.08. The molecule has 3 heteroatoms. The first-order valence-electron chi connectivity index (χ1n) is 6.70. The SMILES string of the molecule is CC(C)=CC=CC([B]OC(C)(C)C(C)(C)O)=C(C)C. The van der Waals surface area contributed by atoms with E-state index in [1.807, 2.05) is 39.8 Å². The van der Waals surface area contributed by atoms with Crippen molar-refractivity contribution in [2.24, 2.45) is 0 Å². The molecular weight excluding hydrogens is 235 g/mol. The monoisotopic (exact) mass is 263 g/mol. The van der Waals surface area contributed by atoms with E-state index in [1.165, 1.54) is 11.1 Å². The molecule has 0 atom stereocenters. The van der Waals surface area contributed by atoms with Crippen molar-refractivity contribution in [1.82, 2.24) is 0 Å². The molecule has 0 fully saturated rings. The zero-order valence-corrected chi connectivity index (χ0v) is 13.7. The van der Waals surface area contributed by atoms with E-state index in [9.17, 15) is 5.11 Å². The maximum Gasteiger partial charge on any atom is 0.330 e. The summed E-state index contributed by atoms with van der Waals surface area (Å²) in [7, 11) is 1.72. The van der Waals surface area contributed by atoms with Crippen molar-refractivity contribution in [1.29, 1.82) is 0 Å². The van der Waals surface area contributed by atoms with Crippen LogP contribution in [0.25, 0.3) is 0 Å². The second-order valence-corrected chi connectivity index (χ2v) is 6.36. The van der Waals surface area contributed by atoms with Crippen LogP contribution in [0.4, 0.5) is 0 Å². The topological polar surface area (TPSA) is 29.5 Å². The molecule has 19 heavy (non-hydrogen) atoms. The van der Waals surface area contributed by atoms with Gasteiger partial charge in [-0.15, -0.1) is 0 Å². The average molecular weight is 263 g/mol. The van der Waals surface area contributed by atoms with Crippen LogP contribution in [0, 0.1) is 0 Å². The fourth-order valence-corrected chi connectivity index (χ4v) is 1.02. The van der Waals surface area contributed by atoms with Gasteiger partial charge in [-0.3, -0.25) is 0 Å². The molecule has 1 radical (unpaired) electrons. The molecule has 0 aliphatic carbocycles. The summed E-state index contributed by atoms with van der Waals surface area (Å²) in [6.45, 7) is 15.5. The van der Waals surface area contributed by atoms with E-state index in [0.29, 0.717) is 0 Å². The lowest BCUT2D eigenvalue weighted by atomic mass is 9.80. The largest absolute Gasteiger partial charge is 0.427 e. The maximum absolute atomic E-state index is 10.1. The minimum atomic E-state index is -0.903. The number of rotatable bonds is 6. The van der Waals surface area contributed by atoms with E-state index in [4.69, 9.17) is 4.65 Å². The molecule has 0 spiro atoms. The van der Waals surface area contributed by atoms with Gasteiger partial charge >= 0.3 is 7.48 Å². The first-order chi connectivity index (χ1) is 8.47. The van der Waals surface area contributed by atoms with Crippen LogP contribution in [0.2, 0.25) is 0 Å². The van der Waals surface area contributed by atoms with Gasteiger partial charge in [0.2, 0.25) is 0 Å². The van der Waals surface area contributed by atoms with Crippen LogP contribution in [0.3, 0.4) is 0 Å². The number of hydrogen-bond donors (Lipinski definition) is 1. The van der Waals surface area contributed by atoms with Gasteiger partial charge in [0.05, 0.1) is 11.2 Å². The predicted octanol–water partition coefficient (Wildman–Crippen LogP) is 3.99. The number of hydrogen-bond acceptors (Lipinski definition) is 2. The Hall–Kier alpha value is -0.795. The summed E-state index contributed by atoms with van der Waals surface area (Å²) in [5.41, 5.74) is 1.90. The molecule has 0 aromatic carbocycles. The van der Waals surface area contributed by atoms with Gasteiger partial charge in [-0.05, 0) is 55.4 Å². The molecule has 0 saturated heterocycles. The van der Waals surface area contributed by atoms with E-state index >= 15 is 0 Å². The van der Waals surface area contributed by atoms with Crippen molar-refractivity contribution in [2.75, 3.05) is 0 Å². The predicted molar refractivity (Wildman–Crippen MR) is 84.2 cm³/mol. The highest BCUT2D eigenvalue weighted by Gasteiger charge is 2.35. The summed E-state index contributed by atoms with van der Waals surface area (Å²) in [6, 6.07) is 0. The first kappa shape index (κ1) is 18.2. The Kier molecular flexibility index (Phi) is 6.81. The summed E-state index contributed by atoms with van der Waals surface area (Å²) in [4.78, 5) is 0. The van der Waals surface area contributed by atoms with E-state index in [0.717, 1.165) is 5.47 Å². The molecule has 2 nitrogen and oxygen atoms in total. The molecule has 0 aromatic rings. The Morgan fingerprint density at radius 2 is 1.58 bits per heavy atom. The fraction of sp³-hybridized carbons (Fsp3) is 0.625. The third kappa shape index (κ3) is 6.79. The standard InChI is InChI=1S/C16H28BO2/c1-12(2)10-9-11-14(13(3)4)17-19-16(7,8)15(5,6)18/h9-11,18H,1-8H3. The summed E-state index contributed by atoms with van der Waals surface area (Å²) < 4.78 is 5.77. The van der Waals surface area contributed by atoms with Crippen LogP contribution in [-0.2, 0) is 4.65 Å². The Bertz CT molecular complexity index is 374. The van der Waals surface area contributed by atoms with Crippen molar-refractivity contribution in [3.63, 3.8) is 0 Å². The zero-order chi connectivity index (χ0) is 15.3. The van der Waals surface area contributed by atoms with E-state index in [1.54, 1.807) is 21.3 Å². The zero-order valence-electron chi connectivity index (χ0n) is 13.7. The molecule has 1 N–H and O–H groups in total. The molecular formula is C16H28BO2. The van der Waals surface area contributed by atoms with Gasteiger partial charge in [0.15, 0.2) is 0 Å². The van der Waals surface area contributed by atoms with Crippen molar-refractivity contribution in [3.05, 3.63) is 34.8 Å². The molecule has 0 amide bonds. The van der Waals surface area contributed by atoms with Gasteiger partial charge < -0.3 is 9.76 Å². The Morgan fingerprint density at radius 1 is 1.05 bits per heavy atom. The van der Waals surface area contributed by atoms with Crippen LogP contribution >= 0.6 is 0 Å². The Morgan fingerprint density at radius 3 is 1.95 bits per heavy atom. The molecule has 0 aliphatic heterocycles. The van der Waals surface area contributed by atoms with E-state index < -0.39 is 11.2 Å². The minimum absolute atomic E-state index is 0.641. The van der Waals surface area contributed by atoms with Gasteiger partial charge in [-0.1, -0.05) is 34.8 Å². The van der Waals surface area contributed by atoms with Crippen LogP contribution < -0.4 is 0 Å². The van der Waals surface area contributed by atoms with E-state index in [2.05, 4.69) is 19.9 Å². The van der Waals surface area contributed by atoms with Gasteiger partial charge in [-0.2, -0.15) is 0 Å². The molecule has 0 saturated carbocycles. The lowest BCUT2D eigenvalue weighted by Crippen LogP contribution is -2.48. The lowest BCUT2D eigenvalue weighted by molar-refractivity contribution is -0.0896. The summed E-state index contributed by atoms with van der Waals surface area (Å²) in [5.74, 6) is 0. The second kappa shape index (κ2) is 7.11. The summed E-state index contributed by atoms with van der Waals surface area (Å²) >= 11 is 0. The van der Waals surface area contributed by atoms with Gasteiger partial charge in [0, 0.05) is 0 Å². The highest BCUT2D eigenvalue weighted by atomic mass is 16.5. The normalized spacial score (nSPS) is 12.5. The molecule has 0 bridgehead atoms. The third-order valence-corrected chi connectivity index (χ3v) is 3.24. The average Bonchev–Trinajstić information content (AvgIpc) is 2.20. The molecule has 0 rings (SSSR count). The molecule has 0 aromatic heterocycles. The molecule has 0 aliphatic rings. The van der Waals surface area contributed by atoms with Crippen LogP contribution in [-0.4, -0.2) is 23.8 Å². The molecule has 107 valence electrons. The van der Waals surface area contributed by atoms with Gasteiger partial charge in [-0.25, -0.2) is 0 Å².